The number of pyridine rings is 1. The van der Waals surface area contributed by atoms with E-state index < -0.39 is 17.6 Å². The van der Waals surface area contributed by atoms with Crippen molar-refractivity contribution in [2.75, 3.05) is 18.6 Å². The van der Waals surface area contributed by atoms with Crippen molar-refractivity contribution in [2.24, 2.45) is 0 Å². The van der Waals surface area contributed by atoms with Crippen molar-refractivity contribution in [1.29, 1.82) is 0 Å². The predicted molar refractivity (Wildman–Crippen MR) is 61.0 cm³/mol. The van der Waals surface area contributed by atoms with Crippen LogP contribution < -0.4 is 4.90 Å². The van der Waals surface area contributed by atoms with Crippen LogP contribution in [0, 0.1) is 17.6 Å². The topological polar surface area (TPSA) is 25.4 Å². The summed E-state index contributed by atoms with van der Waals surface area (Å²) in [5.41, 5.74) is 0. The summed E-state index contributed by atoms with van der Waals surface area (Å²) in [5.74, 6) is -3.50. The van der Waals surface area contributed by atoms with Crippen LogP contribution >= 0.6 is 0 Å². The number of rotatable bonds is 2. The minimum absolute atomic E-state index is 0.0319. The van der Waals surface area contributed by atoms with Gasteiger partial charge in [0.05, 0.1) is 6.10 Å². The highest BCUT2D eigenvalue weighted by atomic mass is 19.2. The van der Waals surface area contributed by atoms with Gasteiger partial charge in [0, 0.05) is 25.8 Å². The van der Waals surface area contributed by atoms with Gasteiger partial charge in [-0.25, -0.2) is 8.78 Å². The smallest absolute Gasteiger partial charge is 0.251 e. The third-order valence-electron chi connectivity index (χ3n) is 3.30. The summed E-state index contributed by atoms with van der Waals surface area (Å²) in [4.78, 5) is 5.01. The van der Waals surface area contributed by atoms with E-state index in [1.165, 1.54) is 0 Å². The number of piperidine rings is 1. The molecule has 2 atom stereocenters. The average Bonchev–Trinajstić information content (AvgIpc) is 2.34. The summed E-state index contributed by atoms with van der Waals surface area (Å²) in [7, 11) is 1.63. The van der Waals surface area contributed by atoms with E-state index in [2.05, 4.69) is 4.98 Å². The largest absolute Gasteiger partial charge is 0.381 e. The second kappa shape index (κ2) is 5.14. The van der Waals surface area contributed by atoms with E-state index in [4.69, 9.17) is 4.74 Å². The molecule has 100 valence electrons. The summed E-state index contributed by atoms with van der Waals surface area (Å²) >= 11 is 0. The number of halogens is 3. The lowest BCUT2D eigenvalue weighted by atomic mass is 10.0. The molecule has 0 radical (unpaired) electrons. The standard InChI is InChI=1S/C12H15F3N2O/c1-7-5-8(18-2)3-4-17(7)12-10(14)6-9(13)11(15)16-12/h6-8H,3-5H2,1-2H3. The van der Waals surface area contributed by atoms with Crippen LogP contribution in [-0.4, -0.2) is 30.8 Å². The Balaban J connectivity index is 2.24. The molecule has 3 nitrogen and oxygen atoms in total. The lowest BCUT2D eigenvalue weighted by Gasteiger charge is -2.37. The number of nitrogens with zero attached hydrogens (tertiary/aromatic N) is 2. The number of ether oxygens (including phenoxy) is 1. The summed E-state index contributed by atoms with van der Waals surface area (Å²) in [6, 6.07) is 0.503. The highest BCUT2D eigenvalue weighted by Crippen LogP contribution is 2.27. The second-order valence-electron chi connectivity index (χ2n) is 4.49. The number of hydrogen-bond donors (Lipinski definition) is 0. The first-order valence-corrected chi connectivity index (χ1v) is 5.84. The Morgan fingerprint density at radius 1 is 1.33 bits per heavy atom. The molecule has 2 rings (SSSR count). The maximum absolute atomic E-state index is 13.6. The molecule has 0 N–H and O–H groups in total. The third kappa shape index (κ3) is 2.43. The Hall–Kier alpha value is -1.30. The summed E-state index contributed by atoms with van der Waals surface area (Å²) in [6.45, 7) is 2.39. The van der Waals surface area contributed by atoms with Crippen LogP contribution in [0.25, 0.3) is 0 Å². The minimum Gasteiger partial charge on any atom is -0.381 e. The zero-order valence-corrected chi connectivity index (χ0v) is 10.3. The van der Waals surface area contributed by atoms with Crippen LogP contribution in [0.5, 0.6) is 0 Å². The van der Waals surface area contributed by atoms with E-state index in [-0.39, 0.29) is 18.0 Å². The first-order chi connectivity index (χ1) is 8.52. The van der Waals surface area contributed by atoms with Crippen LogP contribution in [0.4, 0.5) is 19.0 Å². The van der Waals surface area contributed by atoms with Crippen LogP contribution in [-0.2, 0) is 4.74 Å². The van der Waals surface area contributed by atoms with E-state index in [9.17, 15) is 13.2 Å². The fourth-order valence-corrected chi connectivity index (χ4v) is 2.29. The van der Waals surface area contributed by atoms with Crippen molar-refractivity contribution in [1.82, 2.24) is 4.98 Å². The molecule has 0 bridgehead atoms. The number of methoxy groups -OCH3 is 1. The Morgan fingerprint density at radius 3 is 2.67 bits per heavy atom. The molecule has 18 heavy (non-hydrogen) atoms. The Bertz CT molecular complexity index is 442. The van der Waals surface area contributed by atoms with E-state index in [1.54, 1.807) is 12.0 Å². The molecule has 1 saturated heterocycles. The molecular weight excluding hydrogens is 245 g/mol. The second-order valence-corrected chi connectivity index (χ2v) is 4.49. The molecule has 1 aromatic heterocycles. The van der Waals surface area contributed by atoms with E-state index in [1.807, 2.05) is 6.92 Å². The van der Waals surface area contributed by atoms with Crippen molar-refractivity contribution < 1.29 is 17.9 Å². The maximum atomic E-state index is 13.6. The Morgan fingerprint density at radius 2 is 2.06 bits per heavy atom. The molecule has 2 heterocycles. The summed E-state index contributed by atoms with van der Waals surface area (Å²) in [6.07, 6.45) is 1.53. The van der Waals surface area contributed by atoms with Gasteiger partial charge in [-0.15, -0.1) is 0 Å². The fraction of sp³-hybridized carbons (Fsp3) is 0.583. The van der Waals surface area contributed by atoms with E-state index in [0.29, 0.717) is 25.5 Å². The van der Waals surface area contributed by atoms with Gasteiger partial charge in [0.15, 0.2) is 17.5 Å². The van der Waals surface area contributed by atoms with Crippen LogP contribution in [0.1, 0.15) is 19.8 Å². The summed E-state index contributed by atoms with van der Waals surface area (Å²) in [5, 5.41) is 0. The van der Waals surface area contributed by atoms with Gasteiger partial charge in [-0.05, 0) is 19.8 Å². The highest BCUT2D eigenvalue weighted by molar-refractivity contribution is 5.42. The minimum atomic E-state index is -1.27. The van der Waals surface area contributed by atoms with Gasteiger partial charge in [0.2, 0.25) is 0 Å². The van der Waals surface area contributed by atoms with E-state index in [0.717, 1.165) is 0 Å². The van der Waals surface area contributed by atoms with Gasteiger partial charge < -0.3 is 9.64 Å². The van der Waals surface area contributed by atoms with Crippen LogP contribution in [0.2, 0.25) is 0 Å². The van der Waals surface area contributed by atoms with Crippen molar-refractivity contribution >= 4 is 5.82 Å². The molecule has 1 aromatic rings. The molecule has 0 amide bonds. The first-order valence-electron chi connectivity index (χ1n) is 5.84. The first kappa shape index (κ1) is 13.1. The fourth-order valence-electron chi connectivity index (χ4n) is 2.29. The van der Waals surface area contributed by atoms with Crippen molar-refractivity contribution in [3.05, 3.63) is 23.6 Å². The SMILES string of the molecule is COC1CCN(c2nc(F)c(F)cc2F)C(C)C1. The number of hydrogen-bond acceptors (Lipinski definition) is 3. The van der Waals surface area contributed by atoms with Gasteiger partial charge in [0.1, 0.15) is 0 Å². The normalized spacial score (nSPS) is 24.4. The molecule has 1 fully saturated rings. The van der Waals surface area contributed by atoms with Crippen LogP contribution in [0.3, 0.4) is 0 Å². The molecule has 0 aromatic carbocycles. The van der Waals surface area contributed by atoms with Gasteiger partial charge in [-0.2, -0.15) is 9.37 Å². The monoisotopic (exact) mass is 260 g/mol. The Labute approximate surface area is 104 Å². The average molecular weight is 260 g/mol. The predicted octanol–water partition coefficient (Wildman–Crippen LogP) is 2.50. The Kier molecular flexibility index (Phi) is 3.75. The number of anilines is 1. The van der Waals surface area contributed by atoms with Gasteiger partial charge in [-0.3, -0.25) is 0 Å². The third-order valence-corrected chi connectivity index (χ3v) is 3.30. The van der Waals surface area contributed by atoms with Crippen molar-refractivity contribution in [3.8, 4) is 0 Å². The van der Waals surface area contributed by atoms with Crippen molar-refractivity contribution in [3.63, 3.8) is 0 Å². The zero-order valence-electron chi connectivity index (χ0n) is 10.3. The molecule has 2 unspecified atom stereocenters. The lowest BCUT2D eigenvalue weighted by Crippen LogP contribution is -2.44. The number of aromatic nitrogens is 1. The maximum Gasteiger partial charge on any atom is 0.251 e. The molecule has 1 aliphatic heterocycles. The van der Waals surface area contributed by atoms with Crippen molar-refractivity contribution in [2.45, 2.75) is 31.9 Å². The van der Waals surface area contributed by atoms with Gasteiger partial charge >= 0.3 is 0 Å². The quantitative estimate of drug-likeness (QED) is 0.764. The molecule has 0 saturated carbocycles. The van der Waals surface area contributed by atoms with E-state index >= 15 is 0 Å². The molecular formula is C12H15F3N2O. The van der Waals surface area contributed by atoms with Gasteiger partial charge in [-0.1, -0.05) is 0 Å². The molecule has 0 spiro atoms. The molecule has 1 aliphatic rings. The van der Waals surface area contributed by atoms with Gasteiger partial charge in [0.25, 0.3) is 5.95 Å². The summed E-state index contributed by atoms with van der Waals surface area (Å²) < 4.78 is 44.8. The molecule has 0 aliphatic carbocycles. The van der Waals surface area contributed by atoms with Crippen LogP contribution in [0.15, 0.2) is 6.07 Å². The lowest BCUT2D eigenvalue weighted by molar-refractivity contribution is 0.0717. The highest BCUT2D eigenvalue weighted by Gasteiger charge is 2.28. The molecule has 6 heteroatoms. The zero-order chi connectivity index (χ0) is 13.3.